The molecule has 0 atom stereocenters. The van der Waals surface area contributed by atoms with Gasteiger partial charge in [-0.25, -0.2) is 0 Å². The van der Waals surface area contributed by atoms with E-state index >= 15 is 0 Å². The highest BCUT2D eigenvalue weighted by Gasteiger charge is 2.12. The average Bonchev–Trinajstić information content (AvgIpc) is 2.53. The summed E-state index contributed by atoms with van der Waals surface area (Å²) in [5, 5.41) is 0. The third-order valence-corrected chi connectivity index (χ3v) is 5.28. The lowest BCUT2D eigenvalue weighted by atomic mass is 10.0. The third kappa shape index (κ3) is 18.4. The molecule has 0 aliphatic rings. The Morgan fingerprint density at radius 2 is 0.870 bits per heavy atom. The summed E-state index contributed by atoms with van der Waals surface area (Å²) in [6.45, 7) is 4.83. The van der Waals surface area contributed by atoms with Crippen LogP contribution in [0.1, 0.15) is 103 Å². The first-order valence-corrected chi connectivity index (χ1v) is 11.0. The molecule has 140 valence electrons. The molecule has 0 rings (SSSR count). The van der Waals surface area contributed by atoms with Crippen molar-refractivity contribution in [1.29, 1.82) is 0 Å². The fourth-order valence-electron chi connectivity index (χ4n) is 3.33. The fraction of sp³-hybridized carbons (Fsp3) is 1.00. The van der Waals surface area contributed by atoms with E-state index in [2.05, 4.69) is 21.0 Å². The van der Waals surface area contributed by atoms with Crippen LogP contribution in [0.25, 0.3) is 0 Å². The minimum Gasteiger partial charge on any atom is -0.328 e. The Balaban J connectivity index is 3.16. The molecule has 0 aromatic heterocycles. The molecule has 2 heteroatoms. The summed E-state index contributed by atoms with van der Waals surface area (Å²) in [5.41, 5.74) is 0. The third-order valence-electron chi connectivity index (χ3n) is 5.01. The van der Waals surface area contributed by atoms with Gasteiger partial charge in [-0.1, -0.05) is 84.0 Å². The highest BCUT2D eigenvalue weighted by atomic mass is 35.5. The minimum atomic E-state index is 0.806. The normalized spacial score (nSPS) is 12.0. The van der Waals surface area contributed by atoms with Gasteiger partial charge in [0.2, 0.25) is 0 Å². The first-order chi connectivity index (χ1) is 11.1. The lowest BCUT2D eigenvalue weighted by Crippen LogP contribution is -2.41. The SMILES string of the molecule is CCCCCCCCCCCCCCCC[N+](C)(C)CCCCl. The van der Waals surface area contributed by atoms with Crippen LogP contribution in [0.5, 0.6) is 0 Å². The van der Waals surface area contributed by atoms with Gasteiger partial charge in [0.25, 0.3) is 0 Å². The van der Waals surface area contributed by atoms with E-state index in [4.69, 9.17) is 11.6 Å². The summed E-state index contributed by atoms with van der Waals surface area (Å²) in [5.74, 6) is 0.806. The van der Waals surface area contributed by atoms with E-state index in [1.165, 1.54) is 103 Å². The molecule has 0 aromatic rings. The number of hydrogen-bond acceptors (Lipinski definition) is 0. The Hall–Kier alpha value is 0.250. The van der Waals surface area contributed by atoms with Gasteiger partial charge in [0.1, 0.15) is 0 Å². The fourth-order valence-corrected chi connectivity index (χ4v) is 3.45. The lowest BCUT2D eigenvalue weighted by Gasteiger charge is -2.29. The molecule has 0 heterocycles. The molecule has 0 bridgehead atoms. The molecule has 23 heavy (non-hydrogen) atoms. The van der Waals surface area contributed by atoms with Crippen molar-refractivity contribution in [3.8, 4) is 0 Å². The smallest absolute Gasteiger partial charge is 0.0794 e. The first-order valence-electron chi connectivity index (χ1n) is 10.5. The quantitative estimate of drug-likeness (QED) is 0.140. The van der Waals surface area contributed by atoms with Gasteiger partial charge in [0.05, 0.1) is 27.2 Å². The number of nitrogens with zero attached hydrogens (tertiary/aromatic N) is 1. The van der Waals surface area contributed by atoms with E-state index in [0.29, 0.717) is 0 Å². The maximum absolute atomic E-state index is 5.79. The van der Waals surface area contributed by atoms with Gasteiger partial charge in [0.15, 0.2) is 0 Å². The summed E-state index contributed by atoms with van der Waals surface area (Å²) in [7, 11) is 4.68. The van der Waals surface area contributed by atoms with E-state index < -0.39 is 0 Å². The van der Waals surface area contributed by atoms with Crippen LogP contribution in [0, 0.1) is 0 Å². The standard InChI is InChI=1S/C21H45ClN/c1-4-5-6-7-8-9-10-11-12-13-14-15-16-17-20-23(2,3)21-18-19-22/h4-21H2,1-3H3/q+1. The highest BCUT2D eigenvalue weighted by molar-refractivity contribution is 6.17. The molecule has 0 spiro atoms. The largest absolute Gasteiger partial charge is 0.328 e. The summed E-state index contributed by atoms with van der Waals surface area (Å²) >= 11 is 5.79. The Kier molecular flexibility index (Phi) is 17.3. The van der Waals surface area contributed by atoms with Gasteiger partial charge in [0, 0.05) is 12.3 Å². The van der Waals surface area contributed by atoms with Gasteiger partial charge in [-0.15, -0.1) is 11.6 Å². The Morgan fingerprint density at radius 1 is 0.522 bits per heavy atom. The molecule has 0 amide bonds. The van der Waals surface area contributed by atoms with Crippen molar-refractivity contribution < 1.29 is 4.48 Å². The molecule has 0 aromatic carbocycles. The molecular formula is C21H45ClN+. The van der Waals surface area contributed by atoms with Crippen LogP contribution in [-0.4, -0.2) is 37.5 Å². The summed E-state index contributed by atoms with van der Waals surface area (Å²) < 4.78 is 1.14. The van der Waals surface area contributed by atoms with Crippen molar-refractivity contribution in [2.75, 3.05) is 33.1 Å². The molecule has 0 aliphatic carbocycles. The average molecular weight is 347 g/mol. The van der Waals surface area contributed by atoms with Crippen molar-refractivity contribution in [2.24, 2.45) is 0 Å². The summed E-state index contributed by atoms with van der Waals surface area (Å²) in [6, 6.07) is 0. The van der Waals surface area contributed by atoms with Gasteiger partial charge in [-0.2, -0.15) is 0 Å². The lowest BCUT2D eigenvalue weighted by molar-refractivity contribution is -0.890. The van der Waals surface area contributed by atoms with Crippen molar-refractivity contribution in [3.63, 3.8) is 0 Å². The van der Waals surface area contributed by atoms with E-state index in [-0.39, 0.29) is 0 Å². The molecule has 0 aliphatic heterocycles. The maximum Gasteiger partial charge on any atom is 0.0794 e. The number of halogens is 1. The van der Waals surface area contributed by atoms with Gasteiger partial charge < -0.3 is 4.48 Å². The van der Waals surface area contributed by atoms with Crippen molar-refractivity contribution in [1.82, 2.24) is 0 Å². The molecule has 0 fully saturated rings. The zero-order valence-electron chi connectivity index (χ0n) is 16.6. The van der Waals surface area contributed by atoms with Crippen molar-refractivity contribution >= 4 is 11.6 Å². The Labute approximate surface area is 152 Å². The Morgan fingerprint density at radius 3 is 1.26 bits per heavy atom. The van der Waals surface area contributed by atoms with Crippen LogP contribution in [0.4, 0.5) is 0 Å². The Bertz CT molecular complexity index is 228. The van der Waals surface area contributed by atoms with E-state index in [1.807, 2.05) is 0 Å². The van der Waals surface area contributed by atoms with E-state index in [0.717, 1.165) is 16.8 Å². The molecule has 0 unspecified atom stereocenters. The van der Waals surface area contributed by atoms with Crippen LogP contribution in [0.2, 0.25) is 0 Å². The van der Waals surface area contributed by atoms with Gasteiger partial charge in [-0.05, 0) is 12.8 Å². The van der Waals surface area contributed by atoms with Crippen molar-refractivity contribution in [2.45, 2.75) is 103 Å². The molecule has 0 saturated heterocycles. The second-order valence-corrected chi connectivity index (χ2v) is 8.40. The monoisotopic (exact) mass is 346 g/mol. The van der Waals surface area contributed by atoms with Crippen LogP contribution >= 0.6 is 11.6 Å². The minimum absolute atomic E-state index is 0.806. The molecule has 0 radical (unpaired) electrons. The highest BCUT2D eigenvalue weighted by Crippen LogP contribution is 2.13. The summed E-state index contributed by atoms with van der Waals surface area (Å²) in [4.78, 5) is 0. The maximum atomic E-state index is 5.79. The van der Waals surface area contributed by atoms with Crippen LogP contribution in [0.15, 0.2) is 0 Å². The number of unbranched alkanes of at least 4 members (excludes halogenated alkanes) is 13. The summed E-state index contributed by atoms with van der Waals surface area (Å²) in [6.07, 6.45) is 21.4. The predicted octanol–water partition coefficient (Wildman–Crippen LogP) is 7.17. The zero-order chi connectivity index (χ0) is 17.2. The predicted molar refractivity (Wildman–Crippen MR) is 107 cm³/mol. The van der Waals surface area contributed by atoms with E-state index in [1.54, 1.807) is 0 Å². The van der Waals surface area contributed by atoms with Crippen molar-refractivity contribution in [3.05, 3.63) is 0 Å². The second-order valence-electron chi connectivity index (χ2n) is 8.02. The molecule has 1 nitrogen and oxygen atoms in total. The number of rotatable bonds is 18. The number of hydrogen-bond donors (Lipinski definition) is 0. The van der Waals surface area contributed by atoms with Crippen LogP contribution < -0.4 is 0 Å². The number of quaternary nitrogens is 1. The van der Waals surface area contributed by atoms with Gasteiger partial charge in [-0.3, -0.25) is 0 Å². The zero-order valence-corrected chi connectivity index (χ0v) is 17.3. The second kappa shape index (κ2) is 17.1. The van der Waals surface area contributed by atoms with E-state index in [9.17, 15) is 0 Å². The molecular weight excluding hydrogens is 302 g/mol. The number of alkyl halides is 1. The first kappa shape index (κ1) is 23.2. The topological polar surface area (TPSA) is 0 Å². The molecule has 0 N–H and O–H groups in total. The van der Waals surface area contributed by atoms with Gasteiger partial charge >= 0.3 is 0 Å². The molecule has 0 saturated carbocycles. The van der Waals surface area contributed by atoms with Crippen LogP contribution in [-0.2, 0) is 0 Å². The van der Waals surface area contributed by atoms with Crippen LogP contribution in [0.3, 0.4) is 0 Å².